The minimum absolute atomic E-state index is 0.0166. The van der Waals surface area contributed by atoms with E-state index in [2.05, 4.69) is 19.2 Å². The fourth-order valence-corrected chi connectivity index (χ4v) is 5.57. The van der Waals surface area contributed by atoms with Crippen LogP contribution in [0.1, 0.15) is 66.7 Å². The molecule has 0 aromatic heterocycles. The number of carbonyl (C=O) groups excluding carboxylic acids is 4. The Morgan fingerprint density at radius 3 is 2.51 bits per heavy atom. The summed E-state index contributed by atoms with van der Waals surface area (Å²) in [6.07, 6.45) is 3.04. The fourth-order valence-electron chi connectivity index (χ4n) is 5.57. The van der Waals surface area contributed by atoms with Crippen molar-refractivity contribution in [3.63, 3.8) is 0 Å². The average molecular weight is 601 g/mol. The van der Waals surface area contributed by atoms with E-state index in [0.717, 1.165) is 19.3 Å². The van der Waals surface area contributed by atoms with Gasteiger partial charge in [0, 0.05) is 51.6 Å². The minimum Gasteiger partial charge on any atom is -0.482 e. The molecular formula is C32H48N4O7. The van der Waals surface area contributed by atoms with Gasteiger partial charge in [0.15, 0.2) is 6.61 Å². The number of piperidine rings is 1. The summed E-state index contributed by atoms with van der Waals surface area (Å²) in [5.41, 5.74) is 0.597. The van der Waals surface area contributed by atoms with E-state index in [9.17, 15) is 19.2 Å². The van der Waals surface area contributed by atoms with Crippen molar-refractivity contribution in [2.45, 2.75) is 78.4 Å². The molecule has 1 saturated carbocycles. The van der Waals surface area contributed by atoms with Crippen LogP contribution in [0.15, 0.2) is 18.2 Å². The van der Waals surface area contributed by atoms with Gasteiger partial charge in [-0.25, -0.2) is 4.79 Å². The molecule has 1 aromatic carbocycles. The first-order chi connectivity index (χ1) is 20.4. The first-order valence-corrected chi connectivity index (χ1v) is 15.5. The van der Waals surface area contributed by atoms with Gasteiger partial charge in [0.25, 0.3) is 5.91 Å². The van der Waals surface area contributed by atoms with Crippen LogP contribution in [-0.4, -0.2) is 86.9 Å². The largest absolute Gasteiger partial charge is 0.482 e. The third-order valence-electron chi connectivity index (χ3n) is 7.89. The van der Waals surface area contributed by atoms with Gasteiger partial charge in [0.1, 0.15) is 11.4 Å². The lowest BCUT2D eigenvalue weighted by Gasteiger charge is -2.39. The molecule has 2 atom stereocenters. The number of carbonyl (C=O) groups is 4. The van der Waals surface area contributed by atoms with Gasteiger partial charge in [-0.15, -0.1) is 0 Å². The number of benzene rings is 1. The normalized spacial score (nSPS) is 20.4. The van der Waals surface area contributed by atoms with Crippen LogP contribution in [0, 0.1) is 17.8 Å². The van der Waals surface area contributed by atoms with Crippen molar-refractivity contribution in [3.05, 3.63) is 18.2 Å². The highest BCUT2D eigenvalue weighted by Crippen LogP contribution is 2.40. The van der Waals surface area contributed by atoms with E-state index >= 15 is 0 Å². The van der Waals surface area contributed by atoms with E-state index in [-0.39, 0.29) is 43.5 Å². The number of nitrogens with one attached hydrogen (secondary N) is 1. The molecule has 0 bridgehead atoms. The number of hydrogen-bond acceptors (Lipinski definition) is 7. The van der Waals surface area contributed by atoms with Crippen LogP contribution in [0.2, 0.25) is 0 Å². The summed E-state index contributed by atoms with van der Waals surface area (Å²) in [4.78, 5) is 58.5. The van der Waals surface area contributed by atoms with Crippen LogP contribution in [0.3, 0.4) is 0 Å². The first kappa shape index (κ1) is 32.6. The zero-order valence-electron chi connectivity index (χ0n) is 26.5. The van der Waals surface area contributed by atoms with Gasteiger partial charge >= 0.3 is 6.09 Å². The second kappa shape index (κ2) is 14.0. The highest BCUT2D eigenvalue weighted by atomic mass is 16.6. The maximum Gasteiger partial charge on any atom is 0.410 e. The van der Waals surface area contributed by atoms with Crippen LogP contribution in [0.4, 0.5) is 16.2 Å². The highest BCUT2D eigenvalue weighted by Gasteiger charge is 2.43. The predicted molar refractivity (Wildman–Crippen MR) is 163 cm³/mol. The Kier molecular flexibility index (Phi) is 10.6. The molecular weight excluding hydrogens is 552 g/mol. The summed E-state index contributed by atoms with van der Waals surface area (Å²) in [7, 11) is 1.63. The van der Waals surface area contributed by atoms with Crippen LogP contribution < -0.4 is 19.9 Å². The molecule has 3 aliphatic rings. The molecule has 2 fully saturated rings. The molecule has 2 aliphatic heterocycles. The summed E-state index contributed by atoms with van der Waals surface area (Å²) < 4.78 is 16.5. The summed E-state index contributed by atoms with van der Waals surface area (Å²) in [5.74, 6) is -0.513. The van der Waals surface area contributed by atoms with Crippen molar-refractivity contribution in [3.8, 4) is 5.75 Å². The second-order valence-corrected chi connectivity index (χ2v) is 13.3. The summed E-state index contributed by atoms with van der Waals surface area (Å²) in [6, 6.07) is 5.52. The standard InChI is InChI=1S/C32H48N4O7/c1-21(2)12-13-33-29(38)22-16-23(19-34(18-22)31(40)43-32(3,4)5)30(39)36(24-8-9-24)25-10-11-27-26(17-25)35(14-7-15-41-6)28(37)20-42-27/h10-11,17,21-24H,7-9,12-16,18-20H2,1-6H3,(H,33,38)/t22-,23+/m0/s1. The molecule has 1 N–H and O–H groups in total. The maximum absolute atomic E-state index is 14.3. The Morgan fingerprint density at radius 2 is 1.86 bits per heavy atom. The van der Waals surface area contributed by atoms with Gasteiger partial charge in [-0.2, -0.15) is 0 Å². The molecule has 11 heteroatoms. The fraction of sp³-hybridized carbons (Fsp3) is 0.688. The van der Waals surface area contributed by atoms with Crippen molar-refractivity contribution in [2.75, 3.05) is 56.3 Å². The Labute approximate surface area is 255 Å². The van der Waals surface area contributed by atoms with Crippen molar-refractivity contribution < 1.29 is 33.4 Å². The number of nitrogens with zero attached hydrogens (tertiary/aromatic N) is 3. The monoisotopic (exact) mass is 600 g/mol. The number of methoxy groups -OCH3 is 1. The highest BCUT2D eigenvalue weighted by molar-refractivity contribution is 6.01. The minimum atomic E-state index is -0.707. The van der Waals surface area contributed by atoms with Crippen LogP contribution in [0.25, 0.3) is 0 Å². The zero-order chi connectivity index (χ0) is 31.3. The van der Waals surface area contributed by atoms with Gasteiger partial charge in [0.05, 0.1) is 17.5 Å². The number of anilines is 2. The van der Waals surface area contributed by atoms with Crippen molar-refractivity contribution in [2.24, 2.45) is 17.8 Å². The maximum atomic E-state index is 14.3. The smallest absolute Gasteiger partial charge is 0.410 e. The van der Waals surface area contributed by atoms with E-state index in [0.29, 0.717) is 55.6 Å². The van der Waals surface area contributed by atoms with Gasteiger partial charge in [-0.05, 0) is 77.0 Å². The summed E-state index contributed by atoms with van der Waals surface area (Å²) >= 11 is 0. The Balaban J connectivity index is 1.59. The van der Waals surface area contributed by atoms with E-state index in [4.69, 9.17) is 14.2 Å². The Bertz CT molecular complexity index is 1180. The van der Waals surface area contributed by atoms with Crippen LogP contribution >= 0.6 is 0 Å². The lowest BCUT2D eigenvalue weighted by Crippen LogP contribution is -2.54. The molecule has 4 amide bonds. The molecule has 2 heterocycles. The van der Waals surface area contributed by atoms with Crippen molar-refractivity contribution in [1.29, 1.82) is 0 Å². The Hall–Kier alpha value is -3.34. The quantitative estimate of drug-likeness (QED) is 0.382. The third kappa shape index (κ3) is 8.61. The topological polar surface area (TPSA) is 118 Å². The number of hydrogen-bond donors (Lipinski definition) is 1. The number of amides is 4. The molecule has 1 aromatic rings. The number of likely N-dealkylation sites (tertiary alicyclic amines) is 1. The summed E-state index contributed by atoms with van der Waals surface area (Å²) in [5, 5.41) is 3.01. The van der Waals surface area contributed by atoms with E-state index in [1.54, 1.807) is 37.7 Å². The van der Waals surface area contributed by atoms with E-state index < -0.39 is 23.5 Å². The molecule has 238 valence electrons. The van der Waals surface area contributed by atoms with Gasteiger partial charge in [-0.1, -0.05) is 13.8 Å². The van der Waals surface area contributed by atoms with Crippen LogP contribution in [-0.2, 0) is 23.9 Å². The molecule has 1 saturated heterocycles. The molecule has 0 spiro atoms. The predicted octanol–water partition coefficient (Wildman–Crippen LogP) is 3.98. The number of rotatable bonds is 11. The summed E-state index contributed by atoms with van der Waals surface area (Å²) in [6.45, 7) is 11.5. The number of fused-ring (bicyclic) bond motifs is 1. The molecule has 43 heavy (non-hydrogen) atoms. The second-order valence-electron chi connectivity index (χ2n) is 13.3. The van der Waals surface area contributed by atoms with Gasteiger partial charge in [-0.3, -0.25) is 14.4 Å². The molecule has 4 rings (SSSR count). The van der Waals surface area contributed by atoms with E-state index in [1.807, 2.05) is 18.2 Å². The Morgan fingerprint density at radius 1 is 1.14 bits per heavy atom. The number of ether oxygens (including phenoxy) is 3. The molecule has 0 unspecified atom stereocenters. The molecule has 11 nitrogen and oxygen atoms in total. The zero-order valence-corrected chi connectivity index (χ0v) is 26.5. The van der Waals surface area contributed by atoms with Gasteiger partial charge < -0.3 is 34.2 Å². The molecule has 0 radical (unpaired) electrons. The molecule has 1 aliphatic carbocycles. The lowest BCUT2D eigenvalue weighted by atomic mass is 9.87. The third-order valence-corrected chi connectivity index (χ3v) is 7.89. The average Bonchev–Trinajstić information content (AvgIpc) is 3.78. The van der Waals surface area contributed by atoms with Gasteiger partial charge in [0.2, 0.25) is 11.8 Å². The van der Waals surface area contributed by atoms with Crippen molar-refractivity contribution in [1.82, 2.24) is 10.2 Å². The van der Waals surface area contributed by atoms with Crippen LogP contribution in [0.5, 0.6) is 5.75 Å². The van der Waals surface area contributed by atoms with E-state index in [1.165, 1.54) is 4.90 Å². The SMILES string of the molecule is COCCCN1C(=O)COc2ccc(N(C(=O)[C@@H]3C[C@H](C(=O)NCCC(C)C)CN(C(=O)OC(C)(C)C)C3)C3CC3)cc21. The lowest BCUT2D eigenvalue weighted by molar-refractivity contribution is -0.130. The first-order valence-electron chi connectivity index (χ1n) is 15.5. The van der Waals surface area contributed by atoms with Crippen molar-refractivity contribution >= 4 is 35.2 Å².